The van der Waals surface area contributed by atoms with Crippen molar-refractivity contribution in [2.45, 2.75) is 22.8 Å². The highest BCUT2D eigenvalue weighted by molar-refractivity contribution is 7.91. The van der Waals surface area contributed by atoms with E-state index >= 15 is 0 Å². The highest BCUT2D eigenvalue weighted by Gasteiger charge is 2.34. The Morgan fingerprint density at radius 2 is 2.00 bits per heavy atom. The van der Waals surface area contributed by atoms with Crippen molar-refractivity contribution in [3.05, 3.63) is 51.9 Å². The Balaban J connectivity index is 1.92. The van der Waals surface area contributed by atoms with Crippen LogP contribution in [-0.2, 0) is 16.4 Å². The number of aliphatic hydroxyl groups is 1. The first kappa shape index (κ1) is 14.0. The molecule has 4 nitrogen and oxygen atoms in total. The number of nitrogens with one attached hydrogen (secondary N) is 1. The zero-order chi connectivity index (χ0) is 14.3. The van der Waals surface area contributed by atoms with Crippen LogP contribution in [0.2, 0.25) is 4.34 Å². The maximum atomic E-state index is 12.3. The molecule has 20 heavy (non-hydrogen) atoms. The SMILES string of the molecule is O=S(=O)(N[C@H]1c2ccccc2C[C@H]1O)c1ccc(Cl)s1. The normalized spacial score (nSPS) is 21.9. The molecule has 2 aromatic rings. The van der Waals surface area contributed by atoms with Crippen molar-refractivity contribution < 1.29 is 13.5 Å². The minimum Gasteiger partial charge on any atom is -0.391 e. The molecule has 2 atom stereocenters. The Labute approximate surface area is 126 Å². The fraction of sp³-hybridized carbons (Fsp3) is 0.231. The number of aliphatic hydroxyl groups excluding tert-OH is 1. The van der Waals surface area contributed by atoms with Crippen LogP contribution >= 0.6 is 22.9 Å². The van der Waals surface area contributed by atoms with E-state index in [-0.39, 0.29) is 4.21 Å². The number of sulfonamides is 1. The molecule has 0 aliphatic heterocycles. The quantitative estimate of drug-likeness (QED) is 0.908. The number of hydrogen-bond acceptors (Lipinski definition) is 4. The van der Waals surface area contributed by atoms with Crippen LogP contribution in [0.1, 0.15) is 17.2 Å². The third kappa shape index (κ3) is 2.49. The van der Waals surface area contributed by atoms with Gasteiger partial charge in [-0.15, -0.1) is 11.3 Å². The molecule has 7 heteroatoms. The molecule has 1 aromatic carbocycles. The van der Waals surface area contributed by atoms with Gasteiger partial charge in [0.25, 0.3) is 10.0 Å². The summed E-state index contributed by atoms with van der Waals surface area (Å²) >= 11 is 6.76. The lowest BCUT2D eigenvalue weighted by molar-refractivity contribution is 0.151. The molecule has 0 unspecified atom stereocenters. The molecule has 0 bridgehead atoms. The predicted octanol–water partition coefficient (Wildman–Crippen LogP) is 2.34. The van der Waals surface area contributed by atoms with E-state index in [9.17, 15) is 13.5 Å². The van der Waals surface area contributed by atoms with Crippen LogP contribution in [0.15, 0.2) is 40.6 Å². The van der Waals surface area contributed by atoms with Crippen LogP contribution in [-0.4, -0.2) is 19.6 Å². The molecule has 0 fully saturated rings. The van der Waals surface area contributed by atoms with E-state index in [1.165, 1.54) is 6.07 Å². The topological polar surface area (TPSA) is 66.4 Å². The minimum atomic E-state index is -3.67. The van der Waals surface area contributed by atoms with Gasteiger partial charge in [0.2, 0.25) is 0 Å². The molecule has 1 heterocycles. The highest BCUT2D eigenvalue weighted by atomic mass is 35.5. The van der Waals surface area contributed by atoms with Gasteiger partial charge in [-0.3, -0.25) is 0 Å². The van der Waals surface area contributed by atoms with E-state index in [0.29, 0.717) is 10.8 Å². The molecule has 0 radical (unpaired) electrons. The Morgan fingerprint density at radius 3 is 2.70 bits per heavy atom. The van der Waals surface area contributed by atoms with Gasteiger partial charge in [-0.25, -0.2) is 13.1 Å². The molecular weight excluding hydrogens is 318 g/mol. The smallest absolute Gasteiger partial charge is 0.250 e. The molecule has 0 amide bonds. The molecule has 0 saturated carbocycles. The van der Waals surface area contributed by atoms with Crippen LogP contribution in [0.4, 0.5) is 0 Å². The average molecular weight is 330 g/mol. The van der Waals surface area contributed by atoms with Crippen LogP contribution in [0.5, 0.6) is 0 Å². The summed E-state index contributed by atoms with van der Waals surface area (Å²) < 4.78 is 27.7. The lowest BCUT2D eigenvalue weighted by Gasteiger charge is -2.17. The van der Waals surface area contributed by atoms with Gasteiger partial charge in [-0.05, 0) is 23.3 Å². The summed E-state index contributed by atoms with van der Waals surface area (Å²) in [6.45, 7) is 0. The second-order valence-corrected chi connectivity index (χ2v) is 8.28. The van der Waals surface area contributed by atoms with Gasteiger partial charge >= 0.3 is 0 Å². The highest BCUT2D eigenvalue weighted by Crippen LogP contribution is 2.33. The first-order valence-electron chi connectivity index (χ1n) is 6.01. The van der Waals surface area contributed by atoms with Crippen LogP contribution in [0.25, 0.3) is 0 Å². The van der Waals surface area contributed by atoms with Crippen molar-refractivity contribution in [2.24, 2.45) is 0 Å². The largest absolute Gasteiger partial charge is 0.391 e. The van der Waals surface area contributed by atoms with Gasteiger partial charge in [0.05, 0.1) is 16.5 Å². The maximum Gasteiger partial charge on any atom is 0.250 e. The van der Waals surface area contributed by atoms with Gasteiger partial charge in [0.15, 0.2) is 0 Å². The van der Waals surface area contributed by atoms with Crippen molar-refractivity contribution in [2.75, 3.05) is 0 Å². The lowest BCUT2D eigenvalue weighted by atomic mass is 10.1. The van der Waals surface area contributed by atoms with E-state index in [2.05, 4.69) is 4.72 Å². The van der Waals surface area contributed by atoms with Crippen LogP contribution in [0, 0.1) is 0 Å². The monoisotopic (exact) mass is 329 g/mol. The van der Waals surface area contributed by atoms with Gasteiger partial charge in [-0.2, -0.15) is 0 Å². The third-order valence-corrected chi connectivity index (χ3v) is 6.46. The Morgan fingerprint density at radius 1 is 1.25 bits per heavy atom. The van der Waals surface area contributed by atoms with Crippen molar-refractivity contribution >= 4 is 33.0 Å². The zero-order valence-corrected chi connectivity index (χ0v) is 12.7. The molecule has 2 N–H and O–H groups in total. The summed E-state index contributed by atoms with van der Waals surface area (Å²) in [4.78, 5) is 0. The summed E-state index contributed by atoms with van der Waals surface area (Å²) in [5, 5.41) is 10.1. The van der Waals surface area contributed by atoms with E-state index in [1.807, 2.05) is 24.3 Å². The molecular formula is C13H12ClNO3S2. The van der Waals surface area contributed by atoms with Gasteiger partial charge < -0.3 is 5.11 Å². The number of fused-ring (bicyclic) bond motifs is 1. The number of rotatable bonds is 3. The average Bonchev–Trinajstić information content (AvgIpc) is 2.95. The van der Waals surface area contributed by atoms with Crippen molar-refractivity contribution in [1.29, 1.82) is 0 Å². The Kier molecular flexibility index (Phi) is 3.60. The van der Waals surface area contributed by atoms with E-state index in [0.717, 1.165) is 22.5 Å². The molecule has 1 aliphatic rings. The van der Waals surface area contributed by atoms with E-state index in [4.69, 9.17) is 11.6 Å². The molecule has 3 rings (SSSR count). The van der Waals surface area contributed by atoms with Crippen molar-refractivity contribution in [3.8, 4) is 0 Å². The molecule has 0 spiro atoms. The molecule has 1 aliphatic carbocycles. The van der Waals surface area contributed by atoms with E-state index < -0.39 is 22.2 Å². The van der Waals surface area contributed by atoms with Gasteiger partial charge in [-0.1, -0.05) is 35.9 Å². The van der Waals surface area contributed by atoms with E-state index in [1.54, 1.807) is 6.07 Å². The fourth-order valence-electron chi connectivity index (χ4n) is 2.38. The molecule has 1 aromatic heterocycles. The minimum absolute atomic E-state index is 0.152. The summed E-state index contributed by atoms with van der Waals surface area (Å²) in [5.41, 5.74) is 1.79. The third-order valence-electron chi connectivity index (χ3n) is 3.30. The molecule has 0 saturated heterocycles. The zero-order valence-electron chi connectivity index (χ0n) is 10.3. The number of hydrogen-bond donors (Lipinski definition) is 2. The maximum absolute atomic E-state index is 12.3. The standard InChI is InChI=1S/C13H12ClNO3S2/c14-11-5-6-12(19-11)20(17,18)15-13-9-4-2-1-3-8(9)7-10(13)16/h1-6,10,13,15-16H,7H2/t10-,13+/m1/s1. The number of thiophene rings is 1. The fourth-order valence-corrected chi connectivity index (χ4v) is 5.13. The lowest BCUT2D eigenvalue weighted by Crippen LogP contribution is -2.33. The summed E-state index contributed by atoms with van der Waals surface area (Å²) in [6.07, 6.45) is -0.299. The van der Waals surface area contributed by atoms with Gasteiger partial charge in [0, 0.05) is 6.42 Å². The number of benzene rings is 1. The second kappa shape index (κ2) is 5.13. The first-order valence-corrected chi connectivity index (χ1v) is 8.69. The van der Waals surface area contributed by atoms with Crippen LogP contribution in [0.3, 0.4) is 0 Å². The predicted molar refractivity (Wildman–Crippen MR) is 78.5 cm³/mol. The Hall–Kier alpha value is -0.920. The van der Waals surface area contributed by atoms with Gasteiger partial charge in [0.1, 0.15) is 4.21 Å². The van der Waals surface area contributed by atoms with Crippen molar-refractivity contribution in [3.63, 3.8) is 0 Å². The second-order valence-electron chi connectivity index (χ2n) is 4.63. The number of halogens is 1. The first-order chi connectivity index (χ1) is 9.47. The summed E-state index contributed by atoms with van der Waals surface area (Å²) in [6, 6.07) is 9.83. The Bertz CT molecular complexity index is 742. The summed E-state index contributed by atoms with van der Waals surface area (Å²) in [7, 11) is -3.67. The van der Waals surface area contributed by atoms with Crippen LogP contribution < -0.4 is 4.72 Å². The molecule has 106 valence electrons. The summed E-state index contributed by atoms with van der Waals surface area (Å²) in [5.74, 6) is 0. The van der Waals surface area contributed by atoms with Crippen molar-refractivity contribution in [1.82, 2.24) is 4.72 Å².